The van der Waals surface area contributed by atoms with Crippen molar-refractivity contribution in [2.24, 2.45) is 0 Å². The molecular formula is C17H28N2OS. The van der Waals surface area contributed by atoms with Gasteiger partial charge in [0.2, 0.25) is 0 Å². The topological polar surface area (TPSA) is 32.3 Å². The minimum absolute atomic E-state index is 0.00259. The smallest absolute Gasteiger partial charge is 0.0535 e. The van der Waals surface area contributed by atoms with Crippen LogP contribution in [0.25, 0.3) is 0 Å². The van der Waals surface area contributed by atoms with Gasteiger partial charge in [0.15, 0.2) is 0 Å². The van der Waals surface area contributed by atoms with Gasteiger partial charge in [-0.2, -0.15) is 0 Å². The largest absolute Gasteiger partial charge is 0.307 e. The van der Waals surface area contributed by atoms with Gasteiger partial charge < -0.3 is 5.32 Å². The van der Waals surface area contributed by atoms with Gasteiger partial charge in [-0.15, -0.1) is 0 Å². The summed E-state index contributed by atoms with van der Waals surface area (Å²) in [5.41, 5.74) is 1.35. The molecule has 0 aliphatic carbocycles. The summed E-state index contributed by atoms with van der Waals surface area (Å²) in [6.45, 7) is 7.74. The van der Waals surface area contributed by atoms with Gasteiger partial charge in [-0.25, -0.2) is 0 Å². The van der Waals surface area contributed by atoms with Gasteiger partial charge in [0, 0.05) is 35.4 Å². The van der Waals surface area contributed by atoms with E-state index < -0.39 is 10.8 Å². The van der Waals surface area contributed by atoms with E-state index in [9.17, 15) is 4.21 Å². The Morgan fingerprint density at radius 3 is 2.76 bits per heavy atom. The zero-order chi connectivity index (χ0) is 15.3. The van der Waals surface area contributed by atoms with Crippen LogP contribution in [0.5, 0.6) is 0 Å². The van der Waals surface area contributed by atoms with Crippen LogP contribution in [0.4, 0.5) is 0 Å². The lowest BCUT2D eigenvalue weighted by Gasteiger charge is -2.37. The third-order valence-corrected chi connectivity index (χ3v) is 5.32. The predicted octanol–water partition coefficient (Wildman–Crippen LogP) is 2.35. The predicted molar refractivity (Wildman–Crippen MR) is 91.0 cm³/mol. The molecule has 2 rings (SSSR count). The Hall–Kier alpha value is -0.710. The third kappa shape index (κ3) is 4.63. The molecule has 21 heavy (non-hydrogen) atoms. The van der Waals surface area contributed by atoms with Crippen molar-refractivity contribution in [3.8, 4) is 0 Å². The maximum absolute atomic E-state index is 11.3. The molecule has 3 nitrogen and oxygen atoms in total. The molecule has 0 radical (unpaired) electrons. The molecule has 4 heteroatoms. The molecule has 1 aromatic carbocycles. The molecule has 0 bridgehead atoms. The second-order valence-corrected chi connectivity index (χ2v) is 7.92. The lowest BCUT2D eigenvalue weighted by atomic mass is 9.91. The Morgan fingerprint density at radius 2 is 2.10 bits per heavy atom. The van der Waals surface area contributed by atoms with Crippen LogP contribution in [0.2, 0.25) is 0 Å². The third-order valence-electron chi connectivity index (χ3n) is 4.51. The van der Waals surface area contributed by atoms with Crippen molar-refractivity contribution < 1.29 is 4.21 Å². The molecule has 1 heterocycles. The van der Waals surface area contributed by atoms with E-state index in [0.717, 1.165) is 31.8 Å². The Morgan fingerprint density at radius 1 is 1.38 bits per heavy atom. The van der Waals surface area contributed by atoms with Crippen LogP contribution < -0.4 is 5.32 Å². The number of hydrogen-bond donors (Lipinski definition) is 1. The Balaban J connectivity index is 2.09. The van der Waals surface area contributed by atoms with Gasteiger partial charge in [0.25, 0.3) is 0 Å². The van der Waals surface area contributed by atoms with Crippen LogP contribution in [0.3, 0.4) is 0 Å². The molecule has 0 amide bonds. The van der Waals surface area contributed by atoms with E-state index >= 15 is 0 Å². The van der Waals surface area contributed by atoms with Crippen molar-refractivity contribution in [2.45, 2.75) is 38.3 Å². The first-order chi connectivity index (χ1) is 10.0. The molecule has 1 aliphatic rings. The van der Waals surface area contributed by atoms with E-state index in [-0.39, 0.29) is 5.54 Å². The van der Waals surface area contributed by atoms with Crippen molar-refractivity contribution in [1.29, 1.82) is 0 Å². The molecule has 1 aliphatic heterocycles. The molecular weight excluding hydrogens is 280 g/mol. The average molecular weight is 308 g/mol. The van der Waals surface area contributed by atoms with Crippen LogP contribution in [-0.2, 0) is 16.3 Å². The van der Waals surface area contributed by atoms with E-state index in [0.29, 0.717) is 6.04 Å². The quantitative estimate of drug-likeness (QED) is 0.906. The van der Waals surface area contributed by atoms with Crippen LogP contribution in [0, 0.1) is 0 Å². The van der Waals surface area contributed by atoms with Crippen LogP contribution in [0.15, 0.2) is 30.3 Å². The van der Waals surface area contributed by atoms with Gasteiger partial charge in [0.1, 0.15) is 0 Å². The molecule has 118 valence electrons. The summed E-state index contributed by atoms with van der Waals surface area (Å²) in [5, 5.41) is 3.72. The van der Waals surface area contributed by atoms with E-state index in [4.69, 9.17) is 0 Å². The van der Waals surface area contributed by atoms with Crippen LogP contribution in [0.1, 0.15) is 32.3 Å². The molecule has 1 N–H and O–H groups in total. The maximum atomic E-state index is 11.3. The summed E-state index contributed by atoms with van der Waals surface area (Å²) >= 11 is 0. The van der Waals surface area contributed by atoms with Gasteiger partial charge in [0.05, 0.1) is 5.54 Å². The van der Waals surface area contributed by atoms with Crippen molar-refractivity contribution in [1.82, 2.24) is 10.2 Å². The summed E-state index contributed by atoms with van der Waals surface area (Å²) in [6.07, 6.45) is 3.97. The highest BCUT2D eigenvalue weighted by Crippen LogP contribution is 2.25. The minimum atomic E-state index is -0.692. The average Bonchev–Trinajstić information content (AvgIpc) is 2.69. The summed E-state index contributed by atoms with van der Waals surface area (Å²) in [4.78, 5) is 2.56. The molecule has 3 unspecified atom stereocenters. The monoisotopic (exact) mass is 308 g/mol. The van der Waals surface area contributed by atoms with Crippen molar-refractivity contribution in [2.75, 3.05) is 31.6 Å². The Bertz CT molecular complexity index is 465. The summed E-state index contributed by atoms with van der Waals surface area (Å²) in [5.74, 6) is 0.799. The lowest BCUT2D eigenvalue weighted by molar-refractivity contribution is 0.168. The van der Waals surface area contributed by atoms with Gasteiger partial charge >= 0.3 is 0 Å². The second kappa shape index (κ2) is 7.52. The normalized spacial score (nSPS) is 27.0. The zero-order valence-electron chi connectivity index (χ0n) is 13.5. The van der Waals surface area contributed by atoms with Crippen LogP contribution in [-0.4, -0.2) is 46.8 Å². The van der Waals surface area contributed by atoms with Crippen molar-refractivity contribution in [3.63, 3.8) is 0 Å². The maximum Gasteiger partial charge on any atom is 0.0535 e. The first-order valence-corrected chi connectivity index (χ1v) is 9.58. The highest BCUT2D eigenvalue weighted by Gasteiger charge is 2.32. The fourth-order valence-electron chi connectivity index (χ4n) is 3.08. The number of nitrogens with one attached hydrogen (secondary N) is 1. The van der Waals surface area contributed by atoms with E-state index in [1.165, 1.54) is 12.0 Å². The van der Waals surface area contributed by atoms with E-state index in [1.807, 2.05) is 0 Å². The highest BCUT2D eigenvalue weighted by atomic mass is 32.2. The molecule has 0 aromatic heterocycles. The Kier molecular flexibility index (Phi) is 5.97. The summed E-state index contributed by atoms with van der Waals surface area (Å²) in [7, 11) is -0.692. The summed E-state index contributed by atoms with van der Waals surface area (Å²) in [6, 6.07) is 11.2. The van der Waals surface area contributed by atoms with Gasteiger partial charge in [-0.05, 0) is 45.3 Å². The second-order valence-electron chi connectivity index (χ2n) is 6.36. The number of benzene rings is 1. The molecule has 1 fully saturated rings. The van der Waals surface area contributed by atoms with Crippen molar-refractivity contribution >= 4 is 10.8 Å². The van der Waals surface area contributed by atoms with Crippen LogP contribution >= 0.6 is 0 Å². The van der Waals surface area contributed by atoms with Gasteiger partial charge in [-0.3, -0.25) is 9.11 Å². The van der Waals surface area contributed by atoms with E-state index in [2.05, 4.69) is 54.4 Å². The number of nitrogens with zero attached hydrogens (tertiary/aromatic N) is 1. The van der Waals surface area contributed by atoms with Gasteiger partial charge in [-0.1, -0.05) is 30.3 Å². The molecule has 0 saturated carbocycles. The first kappa shape index (κ1) is 16.7. The lowest BCUT2D eigenvalue weighted by Crippen LogP contribution is -2.48. The first-order valence-electron chi connectivity index (χ1n) is 7.86. The fourth-order valence-corrected chi connectivity index (χ4v) is 3.76. The Labute approximate surface area is 131 Å². The molecule has 3 atom stereocenters. The number of hydrogen-bond acceptors (Lipinski definition) is 3. The van der Waals surface area contributed by atoms with Crippen molar-refractivity contribution in [3.05, 3.63) is 35.9 Å². The fraction of sp³-hybridized carbons (Fsp3) is 0.647. The molecule has 1 aromatic rings. The van der Waals surface area contributed by atoms with E-state index in [1.54, 1.807) is 6.26 Å². The SMILES string of the molecule is CC(CCS(C)=O)N1CCCNC(C)(c2ccccc2)C1. The standard InChI is InChI=1S/C17H28N2OS/c1-15(10-13-21(3)20)19-12-7-11-18-17(2,14-19)16-8-5-4-6-9-16/h4-6,8-9,15,18H,7,10-14H2,1-3H3. The highest BCUT2D eigenvalue weighted by molar-refractivity contribution is 7.84. The molecule has 0 spiro atoms. The minimum Gasteiger partial charge on any atom is -0.307 e. The number of rotatable bonds is 5. The molecule has 1 saturated heterocycles. The zero-order valence-corrected chi connectivity index (χ0v) is 14.3. The summed E-state index contributed by atoms with van der Waals surface area (Å²) < 4.78 is 11.3.